The van der Waals surface area contributed by atoms with Gasteiger partial charge in [-0.05, 0) is 64.5 Å². The molecule has 0 saturated carbocycles. The van der Waals surface area contributed by atoms with Gasteiger partial charge in [-0.15, -0.1) is 0 Å². The molecule has 0 unspecified atom stereocenters. The van der Waals surface area contributed by atoms with Crippen molar-refractivity contribution in [2.45, 2.75) is 0 Å². The maximum Gasteiger partial charge on any atom is 0.257 e. The third-order valence-electron chi connectivity index (χ3n) is 3.68. The standard InChI is InChI=1S/C20H13Br2FN2O2/c21-13-10-16(20(27)24-15-8-6-14(23)7-9-15)18(17(22)11-13)25-19(26)12-4-2-1-3-5-12/h1-11H,(H,24,27)(H,25,26). The summed E-state index contributed by atoms with van der Waals surface area (Å²) in [7, 11) is 0. The quantitative estimate of drug-likeness (QED) is 0.480. The summed E-state index contributed by atoms with van der Waals surface area (Å²) in [4.78, 5) is 25.2. The molecule has 0 bridgehead atoms. The van der Waals surface area contributed by atoms with Gasteiger partial charge in [0.15, 0.2) is 0 Å². The Kier molecular flexibility index (Phi) is 6.03. The molecular formula is C20H13Br2FN2O2. The molecular weight excluding hydrogens is 479 g/mol. The van der Waals surface area contributed by atoms with Crippen LogP contribution in [0.5, 0.6) is 0 Å². The van der Waals surface area contributed by atoms with E-state index in [0.717, 1.165) is 0 Å². The van der Waals surface area contributed by atoms with E-state index in [1.165, 1.54) is 24.3 Å². The second kappa shape index (κ2) is 8.45. The van der Waals surface area contributed by atoms with Gasteiger partial charge in [0.05, 0.1) is 11.3 Å². The normalized spacial score (nSPS) is 10.3. The first-order valence-electron chi connectivity index (χ1n) is 7.86. The molecule has 0 saturated heterocycles. The molecule has 0 aliphatic heterocycles. The number of anilines is 2. The van der Waals surface area contributed by atoms with Crippen LogP contribution >= 0.6 is 31.9 Å². The number of benzene rings is 3. The zero-order valence-electron chi connectivity index (χ0n) is 13.8. The van der Waals surface area contributed by atoms with E-state index in [0.29, 0.717) is 25.9 Å². The highest BCUT2D eigenvalue weighted by Crippen LogP contribution is 2.32. The van der Waals surface area contributed by atoms with Crippen LogP contribution in [0.25, 0.3) is 0 Å². The summed E-state index contributed by atoms with van der Waals surface area (Å²) in [5, 5.41) is 5.47. The van der Waals surface area contributed by atoms with E-state index in [4.69, 9.17) is 0 Å². The highest BCUT2D eigenvalue weighted by atomic mass is 79.9. The molecule has 0 spiro atoms. The van der Waals surface area contributed by atoms with Gasteiger partial charge in [-0.2, -0.15) is 0 Å². The summed E-state index contributed by atoms with van der Waals surface area (Å²) in [6.45, 7) is 0. The van der Waals surface area contributed by atoms with Gasteiger partial charge >= 0.3 is 0 Å². The maximum absolute atomic E-state index is 13.0. The first kappa shape index (κ1) is 19.3. The van der Waals surface area contributed by atoms with Crippen molar-refractivity contribution in [2.24, 2.45) is 0 Å². The molecule has 0 fully saturated rings. The fourth-order valence-corrected chi connectivity index (χ4v) is 3.71. The third kappa shape index (κ3) is 4.81. The molecule has 0 aromatic heterocycles. The molecule has 3 rings (SSSR count). The monoisotopic (exact) mass is 490 g/mol. The Morgan fingerprint density at radius 2 is 1.48 bits per heavy atom. The minimum Gasteiger partial charge on any atom is -0.322 e. The second-order valence-corrected chi connectivity index (χ2v) is 7.36. The fraction of sp³-hybridized carbons (Fsp3) is 0. The van der Waals surface area contributed by atoms with E-state index in [2.05, 4.69) is 42.5 Å². The van der Waals surface area contributed by atoms with Crippen LogP contribution < -0.4 is 10.6 Å². The minimum atomic E-state index is -0.438. The highest BCUT2D eigenvalue weighted by Gasteiger charge is 2.18. The van der Waals surface area contributed by atoms with E-state index in [1.807, 2.05) is 6.07 Å². The predicted octanol–water partition coefficient (Wildman–Crippen LogP) is 5.86. The Morgan fingerprint density at radius 3 is 2.15 bits per heavy atom. The molecule has 7 heteroatoms. The van der Waals surface area contributed by atoms with E-state index in [1.54, 1.807) is 36.4 Å². The summed E-state index contributed by atoms with van der Waals surface area (Å²) < 4.78 is 14.3. The van der Waals surface area contributed by atoms with Gasteiger partial charge in [-0.1, -0.05) is 34.1 Å². The van der Waals surface area contributed by atoms with Crippen molar-refractivity contribution in [3.63, 3.8) is 0 Å². The average molecular weight is 492 g/mol. The number of hydrogen-bond acceptors (Lipinski definition) is 2. The topological polar surface area (TPSA) is 58.2 Å². The summed E-state index contributed by atoms with van der Waals surface area (Å²) in [6.07, 6.45) is 0. The lowest BCUT2D eigenvalue weighted by Gasteiger charge is -2.14. The van der Waals surface area contributed by atoms with Crippen molar-refractivity contribution in [1.82, 2.24) is 0 Å². The molecule has 2 N–H and O–H groups in total. The molecule has 0 aliphatic carbocycles. The van der Waals surface area contributed by atoms with E-state index in [9.17, 15) is 14.0 Å². The van der Waals surface area contributed by atoms with Crippen LogP contribution in [-0.2, 0) is 0 Å². The first-order chi connectivity index (χ1) is 12.9. The lowest BCUT2D eigenvalue weighted by molar-refractivity contribution is 0.102. The van der Waals surface area contributed by atoms with Gasteiger partial charge < -0.3 is 10.6 Å². The third-order valence-corrected chi connectivity index (χ3v) is 4.76. The molecule has 3 aromatic rings. The summed E-state index contributed by atoms with van der Waals surface area (Å²) in [6, 6.07) is 17.5. The maximum atomic E-state index is 13.0. The number of carbonyl (C=O) groups is 2. The summed E-state index contributed by atoms with van der Waals surface area (Å²) >= 11 is 6.74. The Balaban J connectivity index is 1.91. The molecule has 4 nitrogen and oxygen atoms in total. The molecule has 0 atom stereocenters. The summed E-state index contributed by atoms with van der Waals surface area (Å²) in [5.41, 5.74) is 1.51. The Bertz CT molecular complexity index is 993. The van der Waals surface area contributed by atoms with Gasteiger partial charge in [0, 0.05) is 20.2 Å². The van der Waals surface area contributed by atoms with Gasteiger partial charge in [-0.3, -0.25) is 9.59 Å². The van der Waals surface area contributed by atoms with Gasteiger partial charge in [0.1, 0.15) is 5.82 Å². The molecule has 0 aliphatic rings. The SMILES string of the molecule is O=C(Nc1c(Br)cc(Br)cc1C(=O)Nc1ccc(F)cc1)c1ccccc1. The van der Waals surface area contributed by atoms with Crippen LogP contribution in [0.1, 0.15) is 20.7 Å². The second-order valence-electron chi connectivity index (χ2n) is 5.59. The lowest BCUT2D eigenvalue weighted by atomic mass is 10.1. The lowest BCUT2D eigenvalue weighted by Crippen LogP contribution is -2.19. The number of hydrogen-bond donors (Lipinski definition) is 2. The largest absolute Gasteiger partial charge is 0.322 e. The number of carbonyl (C=O) groups excluding carboxylic acids is 2. The van der Waals surface area contributed by atoms with Gasteiger partial charge in [0.2, 0.25) is 0 Å². The Labute approximate surface area is 172 Å². The van der Waals surface area contributed by atoms with Crippen LogP contribution in [0.3, 0.4) is 0 Å². The van der Waals surface area contributed by atoms with E-state index >= 15 is 0 Å². The molecule has 0 heterocycles. The van der Waals surface area contributed by atoms with Crippen LogP contribution in [0.4, 0.5) is 15.8 Å². The van der Waals surface area contributed by atoms with Crippen molar-refractivity contribution < 1.29 is 14.0 Å². The average Bonchev–Trinajstić information content (AvgIpc) is 2.66. The fourth-order valence-electron chi connectivity index (χ4n) is 2.39. The smallest absolute Gasteiger partial charge is 0.257 e. The Morgan fingerprint density at radius 1 is 0.815 bits per heavy atom. The van der Waals surface area contributed by atoms with Gasteiger partial charge in [0.25, 0.3) is 11.8 Å². The van der Waals surface area contributed by atoms with Crippen molar-refractivity contribution in [3.8, 4) is 0 Å². The van der Waals surface area contributed by atoms with Crippen molar-refractivity contribution >= 4 is 55.0 Å². The van der Waals surface area contributed by atoms with Crippen molar-refractivity contribution in [3.05, 3.63) is 92.6 Å². The van der Waals surface area contributed by atoms with Crippen LogP contribution in [0.15, 0.2) is 75.7 Å². The minimum absolute atomic E-state index is 0.254. The van der Waals surface area contributed by atoms with Crippen molar-refractivity contribution in [1.29, 1.82) is 0 Å². The molecule has 136 valence electrons. The molecule has 27 heavy (non-hydrogen) atoms. The van der Waals surface area contributed by atoms with E-state index < -0.39 is 11.7 Å². The van der Waals surface area contributed by atoms with Crippen molar-refractivity contribution in [2.75, 3.05) is 10.6 Å². The zero-order valence-corrected chi connectivity index (χ0v) is 17.0. The predicted molar refractivity (Wildman–Crippen MR) is 111 cm³/mol. The molecule has 3 aromatic carbocycles. The highest BCUT2D eigenvalue weighted by molar-refractivity contribution is 9.11. The van der Waals surface area contributed by atoms with Crippen LogP contribution in [0.2, 0.25) is 0 Å². The summed E-state index contributed by atoms with van der Waals surface area (Å²) in [5.74, 6) is -1.17. The number of rotatable bonds is 4. The van der Waals surface area contributed by atoms with Gasteiger partial charge in [-0.25, -0.2) is 4.39 Å². The Hall–Kier alpha value is -2.51. The number of halogens is 3. The number of amides is 2. The van der Waals surface area contributed by atoms with Crippen LogP contribution in [0, 0.1) is 5.82 Å². The zero-order chi connectivity index (χ0) is 19.4. The molecule has 2 amide bonds. The molecule has 0 radical (unpaired) electrons. The van der Waals surface area contributed by atoms with Crippen LogP contribution in [-0.4, -0.2) is 11.8 Å². The first-order valence-corrected chi connectivity index (χ1v) is 9.45. The van der Waals surface area contributed by atoms with E-state index in [-0.39, 0.29) is 11.5 Å². The number of nitrogens with one attached hydrogen (secondary N) is 2.